The van der Waals surface area contributed by atoms with Crippen molar-refractivity contribution in [3.05, 3.63) is 96.6 Å². The molecule has 0 radical (unpaired) electrons. The summed E-state index contributed by atoms with van der Waals surface area (Å²) in [5.74, 6) is 0. The third kappa shape index (κ3) is 2.78. The molecule has 0 aliphatic heterocycles. The zero-order valence-corrected chi connectivity index (χ0v) is 19.8. The van der Waals surface area contributed by atoms with E-state index < -0.39 is 0 Å². The Balaban J connectivity index is 1.83. The molecular formula is C32H26N2. The van der Waals surface area contributed by atoms with Gasteiger partial charge in [-0.2, -0.15) is 0 Å². The summed E-state index contributed by atoms with van der Waals surface area (Å²) >= 11 is 0. The van der Waals surface area contributed by atoms with Gasteiger partial charge in [-0.15, -0.1) is 0 Å². The molecule has 7 rings (SSSR count). The van der Waals surface area contributed by atoms with Gasteiger partial charge < -0.3 is 4.40 Å². The molecule has 0 N–H and O–H groups in total. The smallest absolute Gasteiger partial charge is 0.0827 e. The van der Waals surface area contributed by atoms with Gasteiger partial charge in [0.2, 0.25) is 0 Å². The molecule has 0 aliphatic rings. The normalized spacial score (nSPS) is 12.7. The molecule has 0 saturated heterocycles. The molecule has 2 nitrogen and oxygen atoms in total. The lowest BCUT2D eigenvalue weighted by Crippen LogP contribution is -2.11. The van der Waals surface area contributed by atoms with Gasteiger partial charge in [0.1, 0.15) is 0 Å². The van der Waals surface area contributed by atoms with Gasteiger partial charge in [0, 0.05) is 21.5 Å². The van der Waals surface area contributed by atoms with Crippen molar-refractivity contribution in [2.45, 2.75) is 27.2 Å². The summed E-state index contributed by atoms with van der Waals surface area (Å²) in [7, 11) is 0. The first-order chi connectivity index (χ1) is 16.5. The van der Waals surface area contributed by atoms with E-state index >= 15 is 0 Å². The standard InChI is InChI=1S/C32H26N2/c1-32(2,3)19-25-23-13-7-8-14-26(23)33-31-24-16-20-10-4-5-11-21(20)17-28(24)34-27-15-9-6-12-22(27)18-29(34)30(25)31/h4-18H,19H2,1-3H3. The summed E-state index contributed by atoms with van der Waals surface area (Å²) in [6.07, 6.45) is 0.989. The first-order valence-corrected chi connectivity index (χ1v) is 12.0. The number of aromatic nitrogens is 2. The molecule has 4 aromatic carbocycles. The molecule has 2 heteroatoms. The van der Waals surface area contributed by atoms with Crippen molar-refractivity contribution < 1.29 is 0 Å². The Hall–Kier alpha value is -3.91. The predicted molar refractivity (Wildman–Crippen MR) is 146 cm³/mol. The van der Waals surface area contributed by atoms with E-state index in [4.69, 9.17) is 4.98 Å². The van der Waals surface area contributed by atoms with Gasteiger partial charge in [-0.1, -0.05) is 81.4 Å². The number of nitrogens with zero attached hydrogens (tertiary/aromatic N) is 2. The molecule has 7 aromatic rings. The van der Waals surface area contributed by atoms with Gasteiger partial charge in [-0.05, 0) is 58.5 Å². The molecule has 0 atom stereocenters. The van der Waals surface area contributed by atoms with E-state index in [2.05, 4.69) is 116 Å². The summed E-state index contributed by atoms with van der Waals surface area (Å²) < 4.78 is 2.46. The largest absolute Gasteiger partial charge is 0.308 e. The van der Waals surface area contributed by atoms with Crippen molar-refractivity contribution in [1.82, 2.24) is 9.38 Å². The topological polar surface area (TPSA) is 17.3 Å². The van der Waals surface area contributed by atoms with Crippen LogP contribution in [0.4, 0.5) is 0 Å². The molecule has 0 bridgehead atoms. The Labute approximate surface area is 198 Å². The van der Waals surface area contributed by atoms with E-state index in [0.29, 0.717) is 0 Å². The van der Waals surface area contributed by atoms with Crippen molar-refractivity contribution in [3.63, 3.8) is 0 Å². The fraction of sp³-hybridized carbons (Fsp3) is 0.156. The predicted octanol–water partition coefficient (Wildman–Crippen LogP) is 8.69. The SMILES string of the molecule is CC(C)(C)Cc1c2ccccc2nc2c3cc4ccccc4cc3n3c4ccccc4cc3c12. The van der Waals surface area contributed by atoms with Crippen LogP contribution in [0.3, 0.4) is 0 Å². The molecule has 0 fully saturated rings. The van der Waals surface area contributed by atoms with Crippen molar-refractivity contribution in [2.24, 2.45) is 5.41 Å². The second-order valence-corrected chi connectivity index (χ2v) is 10.7. The maximum absolute atomic E-state index is 5.31. The summed E-state index contributed by atoms with van der Waals surface area (Å²) in [4.78, 5) is 5.31. The van der Waals surface area contributed by atoms with E-state index in [0.717, 1.165) is 17.5 Å². The van der Waals surface area contributed by atoms with Crippen LogP contribution in [-0.4, -0.2) is 9.38 Å². The molecule has 0 unspecified atom stereocenters. The van der Waals surface area contributed by atoms with Crippen LogP contribution in [0.25, 0.3) is 59.9 Å². The minimum Gasteiger partial charge on any atom is -0.308 e. The Morgan fingerprint density at radius 2 is 1.29 bits per heavy atom. The van der Waals surface area contributed by atoms with Crippen molar-refractivity contribution in [3.8, 4) is 0 Å². The lowest BCUT2D eigenvalue weighted by atomic mass is 9.84. The van der Waals surface area contributed by atoms with Crippen LogP contribution in [0.2, 0.25) is 0 Å². The molecule has 164 valence electrons. The Bertz CT molecular complexity index is 1920. The molecule has 0 aliphatic carbocycles. The van der Waals surface area contributed by atoms with Gasteiger partial charge in [0.15, 0.2) is 0 Å². The third-order valence-corrected chi connectivity index (χ3v) is 7.03. The zero-order chi connectivity index (χ0) is 23.0. The fourth-order valence-electron chi connectivity index (χ4n) is 5.67. The highest BCUT2D eigenvalue weighted by atomic mass is 14.9. The maximum Gasteiger partial charge on any atom is 0.0827 e. The number of rotatable bonds is 1. The van der Waals surface area contributed by atoms with Gasteiger partial charge >= 0.3 is 0 Å². The summed E-state index contributed by atoms with van der Waals surface area (Å²) in [6.45, 7) is 6.98. The molecule has 3 heterocycles. The first-order valence-electron chi connectivity index (χ1n) is 12.0. The number of hydrogen-bond acceptors (Lipinski definition) is 1. The first kappa shape index (κ1) is 19.5. The number of fused-ring (bicyclic) bond motifs is 10. The Morgan fingerprint density at radius 1 is 0.647 bits per heavy atom. The number of para-hydroxylation sites is 2. The summed E-state index contributed by atoms with van der Waals surface area (Å²) in [6, 6.07) is 33.0. The van der Waals surface area contributed by atoms with Gasteiger partial charge in [0.25, 0.3) is 0 Å². The minimum absolute atomic E-state index is 0.151. The highest BCUT2D eigenvalue weighted by Crippen LogP contribution is 2.40. The molecule has 0 amide bonds. The van der Waals surface area contributed by atoms with Crippen LogP contribution in [-0.2, 0) is 6.42 Å². The van der Waals surface area contributed by atoms with Crippen LogP contribution < -0.4 is 0 Å². The van der Waals surface area contributed by atoms with Crippen molar-refractivity contribution in [2.75, 3.05) is 0 Å². The highest BCUT2D eigenvalue weighted by Gasteiger charge is 2.22. The lowest BCUT2D eigenvalue weighted by molar-refractivity contribution is 0.414. The van der Waals surface area contributed by atoms with E-state index in [1.54, 1.807) is 0 Å². The van der Waals surface area contributed by atoms with E-state index in [-0.39, 0.29) is 5.41 Å². The van der Waals surface area contributed by atoms with Gasteiger partial charge in [0.05, 0.1) is 27.6 Å². The Morgan fingerprint density at radius 3 is 2.09 bits per heavy atom. The van der Waals surface area contributed by atoms with Crippen molar-refractivity contribution in [1.29, 1.82) is 0 Å². The van der Waals surface area contributed by atoms with Crippen LogP contribution in [0.5, 0.6) is 0 Å². The zero-order valence-electron chi connectivity index (χ0n) is 19.8. The van der Waals surface area contributed by atoms with E-state index in [1.807, 2.05) is 0 Å². The molecule has 0 saturated carbocycles. The van der Waals surface area contributed by atoms with Crippen LogP contribution >= 0.6 is 0 Å². The third-order valence-electron chi connectivity index (χ3n) is 7.03. The minimum atomic E-state index is 0.151. The van der Waals surface area contributed by atoms with E-state index in [1.165, 1.54) is 54.4 Å². The molecule has 34 heavy (non-hydrogen) atoms. The number of benzene rings is 4. The van der Waals surface area contributed by atoms with E-state index in [9.17, 15) is 0 Å². The summed E-state index contributed by atoms with van der Waals surface area (Å²) in [5.41, 5.74) is 7.44. The Kier molecular flexibility index (Phi) is 3.91. The van der Waals surface area contributed by atoms with Crippen LogP contribution in [0.1, 0.15) is 26.3 Å². The van der Waals surface area contributed by atoms with Gasteiger partial charge in [-0.3, -0.25) is 0 Å². The van der Waals surface area contributed by atoms with Gasteiger partial charge in [-0.25, -0.2) is 4.98 Å². The average Bonchev–Trinajstić information content (AvgIpc) is 3.21. The molecule has 3 aromatic heterocycles. The summed E-state index contributed by atoms with van der Waals surface area (Å²) in [5, 5.41) is 7.52. The monoisotopic (exact) mass is 438 g/mol. The average molecular weight is 439 g/mol. The van der Waals surface area contributed by atoms with Crippen LogP contribution in [0, 0.1) is 5.41 Å². The number of hydrogen-bond donors (Lipinski definition) is 0. The van der Waals surface area contributed by atoms with Crippen LogP contribution in [0.15, 0.2) is 91.0 Å². The lowest BCUT2D eigenvalue weighted by Gasteiger charge is -2.22. The number of pyridine rings is 2. The molecular weight excluding hydrogens is 412 g/mol. The second-order valence-electron chi connectivity index (χ2n) is 10.7. The fourth-order valence-corrected chi connectivity index (χ4v) is 5.67. The quantitative estimate of drug-likeness (QED) is 0.185. The highest BCUT2D eigenvalue weighted by molar-refractivity contribution is 6.20. The molecule has 0 spiro atoms. The second kappa shape index (κ2) is 6.80. The maximum atomic E-state index is 5.31. The van der Waals surface area contributed by atoms with Crippen molar-refractivity contribution >= 4 is 59.9 Å².